The van der Waals surface area contributed by atoms with Crippen LogP contribution >= 0.6 is 0 Å². The molecule has 2 aliphatic rings. The van der Waals surface area contributed by atoms with E-state index in [0.717, 1.165) is 49.2 Å². The molecule has 1 aliphatic carbocycles. The van der Waals surface area contributed by atoms with E-state index in [4.69, 9.17) is 10.8 Å². The van der Waals surface area contributed by atoms with Crippen LogP contribution in [0.15, 0.2) is 36.4 Å². The Hall–Kier alpha value is -3.16. The molecule has 1 aromatic carbocycles. The molecule has 3 heterocycles. The first-order chi connectivity index (χ1) is 13.2. The van der Waals surface area contributed by atoms with Gasteiger partial charge < -0.3 is 15.5 Å². The summed E-state index contributed by atoms with van der Waals surface area (Å²) in [5.74, 6) is 2.07. The molecule has 1 aliphatic heterocycles. The van der Waals surface area contributed by atoms with Gasteiger partial charge in [0.1, 0.15) is 5.82 Å². The molecule has 1 saturated carbocycles. The van der Waals surface area contributed by atoms with E-state index in [9.17, 15) is 4.79 Å². The summed E-state index contributed by atoms with van der Waals surface area (Å²) >= 11 is 0. The summed E-state index contributed by atoms with van der Waals surface area (Å²) in [4.78, 5) is 15.8. The van der Waals surface area contributed by atoms with E-state index in [2.05, 4.69) is 20.0 Å². The first-order valence-corrected chi connectivity index (χ1v) is 9.31. The van der Waals surface area contributed by atoms with Gasteiger partial charge in [-0.25, -0.2) is 0 Å². The Balaban J connectivity index is 1.30. The maximum absolute atomic E-state index is 11.2. The van der Waals surface area contributed by atoms with Gasteiger partial charge in [0.2, 0.25) is 5.91 Å². The van der Waals surface area contributed by atoms with Gasteiger partial charge in [-0.05, 0) is 49.2 Å². The van der Waals surface area contributed by atoms with E-state index >= 15 is 0 Å². The third-order valence-corrected chi connectivity index (χ3v) is 5.34. The van der Waals surface area contributed by atoms with Crippen molar-refractivity contribution in [1.82, 2.24) is 19.8 Å². The molecule has 0 spiro atoms. The summed E-state index contributed by atoms with van der Waals surface area (Å²) in [6.07, 6.45) is 2.36. The predicted molar refractivity (Wildman–Crippen MR) is 102 cm³/mol. The van der Waals surface area contributed by atoms with Crippen molar-refractivity contribution in [2.24, 2.45) is 5.73 Å². The molecule has 2 fully saturated rings. The minimum absolute atomic E-state index is 0.396. The number of anilines is 2. The second-order valence-corrected chi connectivity index (χ2v) is 7.18. The van der Waals surface area contributed by atoms with Crippen LogP contribution in [0.2, 0.25) is 0 Å². The van der Waals surface area contributed by atoms with E-state index < -0.39 is 5.91 Å². The number of carbonyl (C=O) groups excluding carboxylic acids is 1. The summed E-state index contributed by atoms with van der Waals surface area (Å²) in [6.45, 7) is 3.56. The Morgan fingerprint density at radius 3 is 2.30 bits per heavy atom. The molecule has 27 heavy (non-hydrogen) atoms. The normalized spacial score (nSPS) is 17.5. The topological polar surface area (TPSA) is 92.7 Å². The van der Waals surface area contributed by atoms with E-state index in [1.54, 1.807) is 12.1 Å². The molecule has 3 aromatic rings. The van der Waals surface area contributed by atoms with Crippen LogP contribution in [0.25, 0.3) is 5.65 Å². The van der Waals surface area contributed by atoms with Gasteiger partial charge in [-0.3, -0.25) is 4.79 Å². The lowest BCUT2D eigenvalue weighted by Crippen LogP contribution is -2.47. The first-order valence-electron chi connectivity index (χ1n) is 9.31. The van der Waals surface area contributed by atoms with Gasteiger partial charge in [-0.15, -0.1) is 15.3 Å². The zero-order chi connectivity index (χ0) is 18.4. The van der Waals surface area contributed by atoms with Gasteiger partial charge in [0.15, 0.2) is 11.5 Å². The fraction of sp³-hybridized carbons (Fsp3) is 0.368. The Morgan fingerprint density at radius 2 is 1.63 bits per heavy atom. The van der Waals surface area contributed by atoms with Crippen LogP contribution in [0, 0.1) is 0 Å². The smallest absolute Gasteiger partial charge is 0.248 e. The fourth-order valence-corrected chi connectivity index (χ4v) is 3.59. The highest BCUT2D eigenvalue weighted by Gasteiger charge is 2.29. The number of amides is 1. The molecule has 0 unspecified atom stereocenters. The Labute approximate surface area is 156 Å². The summed E-state index contributed by atoms with van der Waals surface area (Å²) in [5, 5.41) is 13.3. The number of hydrogen-bond acceptors (Lipinski definition) is 6. The molecule has 5 rings (SSSR count). The van der Waals surface area contributed by atoms with Gasteiger partial charge in [-0.1, -0.05) is 0 Å². The number of piperazine rings is 1. The van der Waals surface area contributed by atoms with E-state index in [0.29, 0.717) is 11.5 Å². The Bertz CT molecular complexity index is 985. The maximum atomic E-state index is 11.2. The van der Waals surface area contributed by atoms with Crippen LogP contribution in [0.3, 0.4) is 0 Å². The summed E-state index contributed by atoms with van der Waals surface area (Å²) in [5.41, 5.74) is 7.77. The Kier molecular flexibility index (Phi) is 3.70. The molecule has 8 nitrogen and oxygen atoms in total. The minimum atomic E-state index is -0.396. The molecular formula is C19H21N7O. The molecule has 138 valence electrons. The number of benzene rings is 1. The van der Waals surface area contributed by atoms with Crippen molar-refractivity contribution in [1.29, 1.82) is 0 Å². The van der Waals surface area contributed by atoms with Crippen LogP contribution in [-0.2, 0) is 0 Å². The average molecular weight is 363 g/mol. The molecule has 1 amide bonds. The highest BCUT2D eigenvalue weighted by atomic mass is 16.1. The number of rotatable bonds is 4. The van der Waals surface area contributed by atoms with Crippen molar-refractivity contribution in [2.45, 2.75) is 18.8 Å². The number of primary amides is 1. The van der Waals surface area contributed by atoms with Crippen LogP contribution < -0.4 is 15.5 Å². The quantitative estimate of drug-likeness (QED) is 0.754. The first kappa shape index (κ1) is 16.0. The molecular weight excluding hydrogens is 342 g/mol. The van der Waals surface area contributed by atoms with Gasteiger partial charge in [-0.2, -0.15) is 4.52 Å². The SMILES string of the molecule is NC(=O)c1ccc(N2CCN(c3ccc4nnc(C5CC5)n4n3)CC2)cc1. The van der Waals surface area contributed by atoms with Crippen LogP contribution in [0.1, 0.15) is 34.9 Å². The van der Waals surface area contributed by atoms with Crippen LogP contribution in [0.4, 0.5) is 11.5 Å². The summed E-state index contributed by atoms with van der Waals surface area (Å²) < 4.78 is 1.90. The number of carbonyl (C=O) groups is 1. The molecule has 2 aromatic heterocycles. The van der Waals surface area contributed by atoms with Crippen molar-refractivity contribution in [3.63, 3.8) is 0 Å². The monoisotopic (exact) mass is 363 g/mol. The maximum Gasteiger partial charge on any atom is 0.248 e. The number of aromatic nitrogens is 4. The molecule has 1 saturated heterocycles. The zero-order valence-corrected chi connectivity index (χ0v) is 15.0. The lowest BCUT2D eigenvalue weighted by molar-refractivity contribution is 0.100. The van der Waals surface area contributed by atoms with E-state index in [-0.39, 0.29) is 0 Å². The third kappa shape index (κ3) is 2.97. The van der Waals surface area contributed by atoms with Gasteiger partial charge in [0.05, 0.1) is 0 Å². The largest absolute Gasteiger partial charge is 0.368 e. The third-order valence-electron chi connectivity index (χ3n) is 5.34. The van der Waals surface area contributed by atoms with Crippen molar-refractivity contribution in [2.75, 3.05) is 36.0 Å². The average Bonchev–Trinajstić information content (AvgIpc) is 3.47. The fourth-order valence-electron chi connectivity index (χ4n) is 3.59. The standard InChI is InChI=1S/C19H21N7O/c20-18(27)13-3-5-15(6-4-13)24-9-11-25(12-10-24)17-8-7-16-21-22-19(14-1-2-14)26(16)23-17/h3-8,14H,1-2,9-12H2,(H2,20,27). The second-order valence-electron chi connectivity index (χ2n) is 7.18. The van der Waals surface area contributed by atoms with Crippen molar-refractivity contribution in [3.05, 3.63) is 47.8 Å². The van der Waals surface area contributed by atoms with E-state index in [1.807, 2.05) is 28.8 Å². The lowest BCUT2D eigenvalue weighted by atomic mass is 10.1. The van der Waals surface area contributed by atoms with Gasteiger partial charge in [0.25, 0.3) is 0 Å². The lowest BCUT2D eigenvalue weighted by Gasteiger charge is -2.36. The number of hydrogen-bond donors (Lipinski definition) is 1. The highest BCUT2D eigenvalue weighted by Crippen LogP contribution is 2.38. The van der Waals surface area contributed by atoms with Crippen LogP contribution in [0.5, 0.6) is 0 Å². The van der Waals surface area contributed by atoms with E-state index in [1.165, 1.54) is 12.8 Å². The van der Waals surface area contributed by atoms with Crippen LogP contribution in [-0.4, -0.2) is 51.9 Å². The van der Waals surface area contributed by atoms with Gasteiger partial charge >= 0.3 is 0 Å². The predicted octanol–water partition coefficient (Wildman–Crippen LogP) is 1.43. The molecule has 8 heteroatoms. The number of nitrogens with two attached hydrogens (primary N) is 1. The Morgan fingerprint density at radius 1 is 0.926 bits per heavy atom. The molecule has 0 bridgehead atoms. The van der Waals surface area contributed by atoms with Crippen molar-refractivity contribution in [3.8, 4) is 0 Å². The molecule has 2 N–H and O–H groups in total. The number of fused-ring (bicyclic) bond motifs is 1. The molecule has 0 radical (unpaired) electrons. The molecule has 0 atom stereocenters. The highest BCUT2D eigenvalue weighted by molar-refractivity contribution is 5.93. The number of nitrogens with zero attached hydrogens (tertiary/aromatic N) is 6. The zero-order valence-electron chi connectivity index (χ0n) is 15.0. The van der Waals surface area contributed by atoms with Gasteiger partial charge in [0, 0.05) is 43.3 Å². The summed E-state index contributed by atoms with van der Waals surface area (Å²) in [6, 6.07) is 11.5. The minimum Gasteiger partial charge on any atom is -0.368 e. The van der Waals surface area contributed by atoms with Crippen molar-refractivity contribution >= 4 is 23.1 Å². The summed E-state index contributed by atoms with van der Waals surface area (Å²) in [7, 11) is 0. The second kappa shape index (κ2) is 6.22. The van der Waals surface area contributed by atoms with Crippen molar-refractivity contribution < 1.29 is 4.79 Å².